The fourth-order valence-electron chi connectivity index (χ4n) is 1.52. The molecule has 4 nitrogen and oxygen atoms in total. The van der Waals surface area contributed by atoms with Crippen molar-refractivity contribution in [1.82, 2.24) is 0 Å². The molecule has 1 aromatic rings. The second kappa shape index (κ2) is 7.09. The molecular formula is C14H17ClF3NO3. The summed E-state index contributed by atoms with van der Waals surface area (Å²) in [6.07, 6.45) is -4.68. The summed E-state index contributed by atoms with van der Waals surface area (Å²) in [5.74, 6) is -0.852. The van der Waals surface area contributed by atoms with Gasteiger partial charge in [-0.3, -0.25) is 4.79 Å². The van der Waals surface area contributed by atoms with Crippen molar-refractivity contribution in [2.75, 3.05) is 11.9 Å². The lowest BCUT2D eigenvalue weighted by Gasteiger charge is -2.19. The van der Waals surface area contributed by atoms with E-state index in [-0.39, 0.29) is 24.0 Å². The molecule has 0 atom stereocenters. The van der Waals surface area contributed by atoms with Crippen molar-refractivity contribution in [2.45, 2.75) is 39.2 Å². The van der Waals surface area contributed by atoms with Crippen LogP contribution in [-0.2, 0) is 9.53 Å². The maximum Gasteiger partial charge on any atom is 0.573 e. The van der Waals surface area contributed by atoms with Gasteiger partial charge < -0.3 is 14.8 Å². The zero-order chi connectivity index (χ0) is 17.0. The number of anilines is 1. The molecule has 1 N–H and O–H groups in total. The van der Waals surface area contributed by atoms with Gasteiger partial charge in [-0.15, -0.1) is 13.2 Å². The fourth-order valence-corrected chi connectivity index (χ4v) is 1.74. The molecule has 0 amide bonds. The Labute approximate surface area is 131 Å². The largest absolute Gasteiger partial charge is 0.573 e. The van der Waals surface area contributed by atoms with E-state index in [4.69, 9.17) is 16.3 Å². The van der Waals surface area contributed by atoms with Gasteiger partial charge >= 0.3 is 12.3 Å². The van der Waals surface area contributed by atoms with E-state index in [2.05, 4.69) is 10.1 Å². The van der Waals surface area contributed by atoms with Crippen LogP contribution >= 0.6 is 11.6 Å². The topological polar surface area (TPSA) is 47.6 Å². The highest BCUT2D eigenvalue weighted by Gasteiger charge is 2.32. The summed E-state index contributed by atoms with van der Waals surface area (Å²) in [4.78, 5) is 11.5. The molecule has 1 aromatic carbocycles. The number of benzene rings is 1. The minimum atomic E-state index is -4.80. The van der Waals surface area contributed by atoms with Crippen molar-refractivity contribution in [1.29, 1.82) is 0 Å². The predicted molar refractivity (Wildman–Crippen MR) is 77.1 cm³/mol. The third-order valence-electron chi connectivity index (χ3n) is 2.24. The number of nitrogens with one attached hydrogen (secondary N) is 1. The van der Waals surface area contributed by atoms with E-state index in [0.29, 0.717) is 5.69 Å². The van der Waals surface area contributed by atoms with E-state index in [9.17, 15) is 18.0 Å². The van der Waals surface area contributed by atoms with Gasteiger partial charge in [-0.2, -0.15) is 0 Å². The van der Waals surface area contributed by atoms with Crippen molar-refractivity contribution >= 4 is 23.3 Å². The van der Waals surface area contributed by atoms with Gasteiger partial charge in [-0.05, 0) is 39.0 Å². The summed E-state index contributed by atoms with van der Waals surface area (Å²) in [6, 6.07) is 3.77. The summed E-state index contributed by atoms with van der Waals surface area (Å²) in [5, 5.41) is 2.69. The molecular weight excluding hydrogens is 323 g/mol. The van der Waals surface area contributed by atoms with Crippen LogP contribution in [0.25, 0.3) is 0 Å². The molecule has 0 unspecified atom stereocenters. The molecule has 0 radical (unpaired) electrons. The molecule has 1 rings (SSSR count). The highest BCUT2D eigenvalue weighted by atomic mass is 35.5. The molecule has 0 aliphatic heterocycles. The van der Waals surface area contributed by atoms with Crippen molar-refractivity contribution in [3.8, 4) is 5.75 Å². The van der Waals surface area contributed by atoms with E-state index < -0.39 is 17.7 Å². The fraction of sp³-hybridized carbons (Fsp3) is 0.500. The lowest BCUT2D eigenvalue weighted by molar-refractivity contribution is -0.274. The van der Waals surface area contributed by atoms with Gasteiger partial charge in [-0.1, -0.05) is 11.6 Å². The Morgan fingerprint density at radius 2 is 1.91 bits per heavy atom. The van der Waals surface area contributed by atoms with Crippen LogP contribution < -0.4 is 10.1 Å². The molecule has 22 heavy (non-hydrogen) atoms. The normalized spacial score (nSPS) is 12.0. The number of hydrogen-bond donors (Lipinski definition) is 1. The number of carbonyl (C=O) groups excluding carboxylic acids is 1. The lowest BCUT2D eigenvalue weighted by atomic mass is 10.2. The first kappa shape index (κ1) is 18.4. The molecule has 0 bridgehead atoms. The van der Waals surface area contributed by atoms with Crippen LogP contribution in [0, 0.1) is 0 Å². The second-order valence-electron chi connectivity index (χ2n) is 5.46. The van der Waals surface area contributed by atoms with Crippen LogP contribution in [0.15, 0.2) is 18.2 Å². The summed E-state index contributed by atoms with van der Waals surface area (Å²) in [6.45, 7) is 5.55. The third-order valence-corrected chi connectivity index (χ3v) is 2.53. The summed E-state index contributed by atoms with van der Waals surface area (Å²) < 4.78 is 45.2. The van der Waals surface area contributed by atoms with Gasteiger partial charge in [0, 0.05) is 12.2 Å². The van der Waals surface area contributed by atoms with Crippen molar-refractivity contribution < 1.29 is 27.4 Å². The van der Waals surface area contributed by atoms with Gasteiger partial charge in [0.05, 0.1) is 11.4 Å². The summed E-state index contributed by atoms with van der Waals surface area (Å²) in [7, 11) is 0. The van der Waals surface area contributed by atoms with E-state index in [1.54, 1.807) is 20.8 Å². The van der Waals surface area contributed by atoms with Crippen molar-refractivity contribution in [2.24, 2.45) is 0 Å². The Hall–Kier alpha value is -1.63. The number of halogens is 4. The molecule has 8 heteroatoms. The molecule has 0 spiro atoms. The predicted octanol–water partition coefficient (Wildman–Crippen LogP) is 4.38. The summed E-state index contributed by atoms with van der Waals surface area (Å²) >= 11 is 5.71. The van der Waals surface area contributed by atoms with Gasteiger partial charge in [0.25, 0.3) is 0 Å². The highest BCUT2D eigenvalue weighted by Crippen LogP contribution is 2.32. The quantitative estimate of drug-likeness (QED) is 0.809. The molecule has 0 saturated carbocycles. The number of esters is 1. The average molecular weight is 340 g/mol. The minimum Gasteiger partial charge on any atom is -0.460 e. The lowest BCUT2D eigenvalue weighted by Crippen LogP contribution is -2.25. The van der Waals surface area contributed by atoms with Crippen LogP contribution in [0.2, 0.25) is 5.02 Å². The van der Waals surface area contributed by atoms with Gasteiger partial charge in [0.15, 0.2) is 0 Å². The van der Waals surface area contributed by atoms with Crippen LogP contribution in [0.3, 0.4) is 0 Å². The molecule has 0 heterocycles. The smallest absolute Gasteiger partial charge is 0.460 e. The highest BCUT2D eigenvalue weighted by molar-refractivity contribution is 6.32. The zero-order valence-corrected chi connectivity index (χ0v) is 13.1. The Bertz CT molecular complexity index is 527. The Morgan fingerprint density at radius 1 is 1.27 bits per heavy atom. The maximum atomic E-state index is 12.1. The number of hydrogen-bond acceptors (Lipinski definition) is 4. The summed E-state index contributed by atoms with van der Waals surface area (Å²) in [5.41, 5.74) is -0.0835. The first-order valence-corrected chi connectivity index (χ1v) is 6.85. The zero-order valence-electron chi connectivity index (χ0n) is 12.4. The molecule has 0 fully saturated rings. The number of ether oxygens (including phenoxy) is 2. The third kappa shape index (κ3) is 7.40. The van der Waals surface area contributed by atoms with Crippen LogP contribution in [-0.4, -0.2) is 24.5 Å². The van der Waals surface area contributed by atoms with Crippen molar-refractivity contribution in [3.05, 3.63) is 23.2 Å². The molecule has 0 aliphatic rings. The van der Waals surface area contributed by atoms with Crippen LogP contribution in [0.4, 0.5) is 18.9 Å². The van der Waals surface area contributed by atoms with E-state index in [1.165, 1.54) is 12.1 Å². The standard InChI is InChI=1S/C14H17ClF3NO3/c1-13(2,3)22-12(20)6-7-19-9-4-5-11(10(15)8-9)21-14(16,17)18/h4-5,8,19H,6-7H2,1-3H3. The Balaban J connectivity index is 2.51. The van der Waals surface area contributed by atoms with Gasteiger partial charge in [0.1, 0.15) is 11.4 Å². The molecule has 0 saturated heterocycles. The number of carbonyl (C=O) groups is 1. The number of alkyl halides is 3. The monoisotopic (exact) mass is 339 g/mol. The van der Waals surface area contributed by atoms with Crippen LogP contribution in [0.5, 0.6) is 5.75 Å². The number of rotatable bonds is 5. The Kier molecular flexibility index (Phi) is 5.93. The first-order valence-electron chi connectivity index (χ1n) is 6.47. The SMILES string of the molecule is CC(C)(C)OC(=O)CCNc1ccc(OC(F)(F)F)c(Cl)c1. The van der Waals surface area contributed by atoms with Gasteiger partial charge in [0.2, 0.25) is 0 Å². The second-order valence-corrected chi connectivity index (χ2v) is 5.86. The van der Waals surface area contributed by atoms with E-state index in [1.807, 2.05) is 0 Å². The van der Waals surface area contributed by atoms with E-state index in [0.717, 1.165) is 6.07 Å². The first-order chi connectivity index (χ1) is 9.96. The average Bonchev–Trinajstić information content (AvgIpc) is 2.28. The van der Waals surface area contributed by atoms with Gasteiger partial charge in [-0.25, -0.2) is 0 Å². The minimum absolute atomic E-state index is 0.121. The molecule has 0 aromatic heterocycles. The molecule has 0 aliphatic carbocycles. The molecule has 124 valence electrons. The van der Waals surface area contributed by atoms with Crippen molar-refractivity contribution in [3.63, 3.8) is 0 Å². The Morgan fingerprint density at radius 3 is 2.41 bits per heavy atom. The van der Waals surface area contributed by atoms with E-state index >= 15 is 0 Å². The maximum absolute atomic E-state index is 12.1. The van der Waals surface area contributed by atoms with Crippen LogP contribution in [0.1, 0.15) is 27.2 Å².